The molecule has 4 heteroatoms. The molecule has 0 amide bonds. The lowest BCUT2D eigenvalue weighted by Gasteiger charge is -2.31. The van der Waals surface area contributed by atoms with E-state index in [1.807, 2.05) is 0 Å². The zero-order valence-electron chi connectivity index (χ0n) is 18.9. The summed E-state index contributed by atoms with van der Waals surface area (Å²) in [6.45, 7) is 4.25. The van der Waals surface area contributed by atoms with Crippen LogP contribution in [0.5, 0.6) is 0 Å². The fourth-order valence-corrected chi connectivity index (χ4v) is 6.17. The molecular weight excluding hydrogens is 406 g/mol. The summed E-state index contributed by atoms with van der Waals surface area (Å²) in [5.74, 6) is 0.978. The molecule has 2 saturated carbocycles. The summed E-state index contributed by atoms with van der Waals surface area (Å²) in [5, 5.41) is 0. The van der Waals surface area contributed by atoms with E-state index in [0.29, 0.717) is 11.8 Å². The first-order valence-electron chi connectivity index (χ1n) is 12.1. The fourth-order valence-electron chi connectivity index (χ4n) is 5.77. The minimum absolute atomic E-state index is 0.489. The summed E-state index contributed by atoms with van der Waals surface area (Å²) in [7, 11) is -2.96. The Morgan fingerprint density at radius 2 is 1.19 bits per heavy atom. The van der Waals surface area contributed by atoms with E-state index in [9.17, 15) is 9.09 Å². The molecule has 0 radical (unpaired) electrons. The monoisotopic (exact) mass is 442 g/mol. The van der Waals surface area contributed by atoms with Crippen molar-refractivity contribution in [3.8, 4) is 0 Å². The van der Waals surface area contributed by atoms with Crippen molar-refractivity contribution >= 4 is 8.69 Å². The van der Waals surface area contributed by atoms with Gasteiger partial charge in [0.2, 0.25) is 0 Å². The second-order valence-corrected chi connectivity index (χ2v) is 10.3. The molecule has 2 fully saturated rings. The highest BCUT2D eigenvalue weighted by Crippen LogP contribution is 2.48. The normalized spacial score (nSPS) is 19.6. The average Bonchev–Trinajstić information content (AvgIpc) is 2.79. The maximum atomic E-state index is 14.0. The van der Waals surface area contributed by atoms with Crippen LogP contribution in [0.2, 0.25) is 0 Å². The van der Waals surface area contributed by atoms with E-state index in [2.05, 4.69) is 50.2 Å². The van der Waals surface area contributed by atoms with E-state index in [1.165, 1.54) is 86.5 Å². The van der Waals surface area contributed by atoms with Gasteiger partial charge in [-0.1, -0.05) is 86.1 Å². The van der Waals surface area contributed by atoms with Crippen LogP contribution in [0.4, 0.5) is 4.20 Å². The molecule has 1 atom stereocenters. The van der Waals surface area contributed by atoms with E-state index >= 15 is 0 Å². The number of hydrogen-bond donors (Lipinski definition) is 1. The Morgan fingerprint density at radius 1 is 0.774 bits per heavy atom. The predicted octanol–water partition coefficient (Wildman–Crippen LogP) is 8.69. The Labute approximate surface area is 188 Å². The molecule has 2 aliphatic rings. The van der Waals surface area contributed by atoms with Gasteiger partial charge in [0.05, 0.1) is 0 Å². The van der Waals surface area contributed by atoms with E-state index < -0.39 is 14.8 Å². The molecule has 1 unspecified atom stereocenters. The molecule has 168 valence electrons. The van der Waals surface area contributed by atoms with Crippen LogP contribution in [-0.4, -0.2) is 4.89 Å². The Kier molecular flexibility index (Phi) is 7.80. The molecular formula is C27H36FO2P. The van der Waals surface area contributed by atoms with Crippen molar-refractivity contribution in [1.82, 2.24) is 0 Å². The standard InChI is InChI=1S/C27H36FO2P/c1-19-13-15-23(25(17-19)21-9-5-3-6-10-21)27(30-31(28)29)24-16-14-20(2)18-26(24)22-11-7-4-8-12-22/h13-18,21-22,27,29H,3-12H2,1-2H3. The Hall–Kier alpha value is -1.28. The van der Waals surface area contributed by atoms with Crippen molar-refractivity contribution < 1.29 is 13.6 Å². The van der Waals surface area contributed by atoms with Crippen molar-refractivity contribution in [2.75, 3.05) is 0 Å². The van der Waals surface area contributed by atoms with E-state index in [0.717, 1.165) is 11.1 Å². The Balaban J connectivity index is 1.81. The van der Waals surface area contributed by atoms with Gasteiger partial charge >= 0.3 is 8.69 Å². The highest BCUT2D eigenvalue weighted by molar-refractivity contribution is 7.40. The number of benzene rings is 2. The fraction of sp³-hybridized carbons (Fsp3) is 0.556. The first kappa shape index (κ1) is 22.9. The topological polar surface area (TPSA) is 29.5 Å². The van der Waals surface area contributed by atoms with Crippen LogP contribution in [0.25, 0.3) is 0 Å². The molecule has 2 aromatic carbocycles. The minimum Gasteiger partial charge on any atom is -0.325 e. The summed E-state index contributed by atoms with van der Waals surface area (Å²) in [6.07, 6.45) is 11.7. The zero-order valence-corrected chi connectivity index (χ0v) is 19.8. The summed E-state index contributed by atoms with van der Waals surface area (Å²) in [4.78, 5) is 9.73. The molecule has 2 aliphatic carbocycles. The van der Waals surface area contributed by atoms with Crippen LogP contribution < -0.4 is 0 Å². The van der Waals surface area contributed by atoms with Gasteiger partial charge in [-0.3, -0.25) is 4.52 Å². The van der Waals surface area contributed by atoms with Crippen molar-refractivity contribution in [2.24, 2.45) is 0 Å². The van der Waals surface area contributed by atoms with Crippen LogP contribution in [0.1, 0.15) is 116 Å². The first-order chi connectivity index (χ1) is 15.0. The SMILES string of the molecule is Cc1ccc(C(OP(O)F)c2ccc(C)cc2C2CCCCC2)c(C2CCCCC2)c1. The molecule has 0 aliphatic heterocycles. The third-order valence-electron chi connectivity index (χ3n) is 7.33. The first-order valence-corrected chi connectivity index (χ1v) is 13.2. The molecule has 4 rings (SSSR count). The van der Waals surface area contributed by atoms with Crippen LogP contribution in [-0.2, 0) is 4.52 Å². The highest BCUT2D eigenvalue weighted by atomic mass is 31.2. The van der Waals surface area contributed by atoms with Gasteiger partial charge in [-0.2, -0.15) is 4.20 Å². The third-order valence-corrected chi connectivity index (χ3v) is 7.72. The van der Waals surface area contributed by atoms with Crippen LogP contribution in [0.3, 0.4) is 0 Å². The smallest absolute Gasteiger partial charge is 0.325 e. The molecule has 0 saturated heterocycles. The molecule has 0 aromatic heterocycles. The van der Waals surface area contributed by atoms with Gasteiger partial charge < -0.3 is 4.89 Å². The number of hydrogen-bond acceptors (Lipinski definition) is 2. The lowest BCUT2D eigenvalue weighted by molar-refractivity contribution is 0.220. The number of aryl methyl sites for hydroxylation is 2. The summed E-state index contributed by atoms with van der Waals surface area (Å²) < 4.78 is 19.7. The quantitative estimate of drug-likeness (QED) is 0.453. The van der Waals surface area contributed by atoms with Crippen LogP contribution >= 0.6 is 8.69 Å². The van der Waals surface area contributed by atoms with Gasteiger partial charge in [-0.25, -0.2) is 0 Å². The van der Waals surface area contributed by atoms with E-state index in [1.54, 1.807) is 0 Å². The van der Waals surface area contributed by atoms with Gasteiger partial charge in [0.1, 0.15) is 6.10 Å². The lowest BCUT2D eigenvalue weighted by atomic mass is 9.77. The summed E-state index contributed by atoms with van der Waals surface area (Å²) >= 11 is 0. The number of rotatable bonds is 6. The molecule has 31 heavy (non-hydrogen) atoms. The van der Waals surface area contributed by atoms with Crippen molar-refractivity contribution in [3.05, 3.63) is 69.8 Å². The molecule has 0 bridgehead atoms. The van der Waals surface area contributed by atoms with E-state index in [-0.39, 0.29) is 0 Å². The molecule has 0 spiro atoms. The second-order valence-electron chi connectivity index (χ2n) is 9.65. The van der Waals surface area contributed by atoms with Gasteiger partial charge in [0, 0.05) is 0 Å². The van der Waals surface area contributed by atoms with Crippen LogP contribution in [0.15, 0.2) is 36.4 Å². The molecule has 1 N–H and O–H groups in total. The number of halogens is 1. The molecule has 0 heterocycles. The Bertz CT molecular complexity index is 802. The van der Waals surface area contributed by atoms with Crippen molar-refractivity contribution in [3.63, 3.8) is 0 Å². The van der Waals surface area contributed by atoms with E-state index in [4.69, 9.17) is 4.52 Å². The van der Waals surface area contributed by atoms with Gasteiger partial charge in [-0.15, -0.1) is 0 Å². The van der Waals surface area contributed by atoms with Crippen molar-refractivity contribution in [2.45, 2.75) is 96.0 Å². The lowest BCUT2D eigenvalue weighted by Crippen LogP contribution is -2.15. The predicted molar refractivity (Wildman–Crippen MR) is 127 cm³/mol. The van der Waals surface area contributed by atoms with Crippen LogP contribution in [0, 0.1) is 13.8 Å². The summed E-state index contributed by atoms with van der Waals surface area (Å²) in [6, 6.07) is 13.0. The average molecular weight is 443 g/mol. The van der Waals surface area contributed by atoms with Gasteiger partial charge in [0.25, 0.3) is 0 Å². The van der Waals surface area contributed by atoms with Gasteiger partial charge in [0.15, 0.2) is 0 Å². The summed E-state index contributed by atoms with van der Waals surface area (Å²) in [5.41, 5.74) is 7.11. The third kappa shape index (κ3) is 5.56. The molecule has 2 aromatic rings. The van der Waals surface area contributed by atoms with Crippen molar-refractivity contribution in [1.29, 1.82) is 0 Å². The maximum Gasteiger partial charge on any atom is 0.373 e. The van der Waals surface area contributed by atoms with Gasteiger partial charge in [-0.05, 0) is 73.6 Å². The maximum absolute atomic E-state index is 14.0. The minimum atomic E-state index is -2.96. The largest absolute Gasteiger partial charge is 0.373 e. The molecule has 2 nitrogen and oxygen atoms in total. The highest BCUT2D eigenvalue weighted by Gasteiger charge is 2.30. The zero-order chi connectivity index (χ0) is 21.8. The second kappa shape index (κ2) is 10.6. The Morgan fingerprint density at radius 3 is 1.58 bits per heavy atom.